The van der Waals surface area contributed by atoms with Crippen LogP contribution in [-0.2, 0) is 11.3 Å². The Hall–Kier alpha value is -2.47. The number of hydrogen-bond donors (Lipinski definition) is 2. The van der Waals surface area contributed by atoms with Crippen molar-refractivity contribution in [2.45, 2.75) is 26.1 Å². The Kier molecular flexibility index (Phi) is 6.26. The molecule has 0 saturated carbocycles. The van der Waals surface area contributed by atoms with Gasteiger partial charge in [0.05, 0.1) is 5.92 Å². The van der Waals surface area contributed by atoms with Crippen molar-refractivity contribution in [2.75, 3.05) is 0 Å². The van der Waals surface area contributed by atoms with Gasteiger partial charge in [0.1, 0.15) is 5.75 Å². The van der Waals surface area contributed by atoms with Gasteiger partial charge in [-0.05, 0) is 11.6 Å². The molecule has 3 N–H and O–H groups in total. The summed E-state index contributed by atoms with van der Waals surface area (Å²) in [5.74, 6) is -0.665. The normalized spacial score (nSPS) is 13.4. The summed E-state index contributed by atoms with van der Waals surface area (Å²) >= 11 is 0. The highest BCUT2D eigenvalue weighted by Crippen LogP contribution is 2.22. The molecule has 0 saturated heterocycles. The number of amides is 1. The second-order valence-electron chi connectivity index (χ2n) is 5.43. The fourth-order valence-electron chi connectivity index (χ4n) is 2.33. The number of rotatable bonds is 7. The van der Waals surface area contributed by atoms with Gasteiger partial charge in [-0.25, -0.2) is 0 Å². The van der Waals surface area contributed by atoms with Gasteiger partial charge in [0.25, 0.3) is 0 Å². The second kappa shape index (κ2) is 8.40. The lowest BCUT2D eigenvalue weighted by Gasteiger charge is -2.20. The number of para-hydroxylation sites is 1. The Morgan fingerprint density at radius 1 is 1.12 bits per heavy atom. The van der Waals surface area contributed by atoms with Crippen molar-refractivity contribution in [1.82, 2.24) is 5.32 Å². The number of nitrogens with one attached hydrogen (secondary N) is 1. The smallest absolute Gasteiger partial charge is 0.387 e. The van der Waals surface area contributed by atoms with E-state index in [0.29, 0.717) is 5.56 Å². The maximum absolute atomic E-state index is 12.4. The predicted octanol–water partition coefficient (Wildman–Crippen LogP) is 3.24. The van der Waals surface area contributed by atoms with Crippen LogP contribution in [0.1, 0.15) is 24.1 Å². The Labute approximate surface area is 139 Å². The highest BCUT2D eigenvalue weighted by Gasteiger charge is 2.22. The van der Waals surface area contributed by atoms with E-state index in [9.17, 15) is 13.6 Å². The largest absolute Gasteiger partial charge is 0.434 e. The molecular weight excluding hydrogens is 314 g/mol. The third-order valence-electron chi connectivity index (χ3n) is 3.78. The van der Waals surface area contributed by atoms with Crippen LogP contribution < -0.4 is 15.8 Å². The van der Waals surface area contributed by atoms with Gasteiger partial charge in [-0.1, -0.05) is 55.5 Å². The summed E-state index contributed by atoms with van der Waals surface area (Å²) in [5, 5.41) is 2.72. The molecule has 2 rings (SSSR count). The van der Waals surface area contributed by atoms with Gasteiger partial charge < -0.3 is 15.8 Å². The zero-order chi connectivity index (χ0) is 17.5. The lowest BCUT2D eigenvalue weighted by Crippen LogP contribution is -2.35. The SMILES string of the molecule is CC(C(=O)NCc1ccccc1OC(F)F)C(N)c1ccccc1. The maximum Gasteiger partial charge on any atom is 0.387 e. The van der Waals surface area contributed by atoms with Crippen molar-refractivity contribution in [3.8, 4) is 5.75 Å². The summed E-state index contributed by atoms with van der Waals surface area (Å²) in [4.78, 5) is 12.3. The number of hydrogen-bond acceptors (Lipinski definition) is 3. The topological polar surface area (TPSA) is 64.3 Å². The minimum Gasteiger partial charge on any atom is -0.434 e. The van der Waals surface area contributed by atoms with Gasteiger partial charge in [-0.15, -0.1) is 0 Å². The van der Waals surface area contributed by atoms with E-state index in [2.05, 4.69) is 10.1 Å². The number of carbonyl (C=O) groups excluding carboxylic acids is 1. The van der Waals surface area contributed by atoms with E-state index in [-0.39, 0.29) is 18.2 Å². The summed E-state index contributed by atoms with van der Waals surface area (Å²) in [6.07, 6.45) is 0. The molecule has 0 aliphatic carbocycles. The first-order valence-electron chi connectivity index (χ1n) is 7.60. The summed E-state index contributed by atoms with van der Waals surface area (Å²) in [7, 11) is 0. The van der Waals surface area contributed by atoms with E-state index in [4.69, 9.17) is 5.73 Å². The van der Waals surface area contributed by atoms with E-state index in [1.54, 1.807) is 25.1 Å². The van der Waals surface area contributed by atoms with Crippen LogP contribution >= 0.6 is 0 Å². The number of nitrogens with two attached hydrogens (primary N) is 1. The van der Waals surface area contributed by atoms with Crippen molar-refractivity contribution in [3.63, 3.8) is 0 Å². The van der Waals surface area contributed by atoms with Crippen LogP contribution in [-0.4, -0.2) is 12.5 Å². The van der Waals surface area contributed by atoms with Gasteiger partial charge in [-0.2, -0.15) is 8.78 Å². The molecule has 128 valence electrons. The molecule has 6 heteroatoms. The molecule has 0 spiro atoms. The Morgan fingerprint density at radius 2 is 1.75 bits per heavy atom. The molecule has 0 fully saturated rings. The first kappa shape index (κ1) is 17.9. The van der Waals surface area contributed by atoms with Crippen LogP contribution in [0.5, 0.6) is 5.75 Å². The van der Waals surface area contributed by atoms with Crippen LogP contribution in [0.3, 0.4) is 0 Å². The fraction of sp³-hybridized carbons (Fsp3) is 0.278. The number of carbonyl (C=O) groups is 1. The maximum atomic E-state index is 12.4. The molecule has 0 bridgehead atoms. The van der Waals surface area contributed by atoms with Crippen molar-refractivity contribution in [3.05, 3.63) is 65.7 Å². The lowest BCUT2D eigenvalue weighted by atomic mass is 9.94. The predicted molar refractivity (Wildman–Crippen MR) is 87.5 cm³/mol. The molecule has 0 aliphatic rings. The van der Waals surface area contributed by atoms with Crippen LogP contribution in [0.2, 0.25) is 0 Å². The van der Waals surface area contributed by atoms with Gasteiger partial charge in [0.2, 0.25) is 5.91 Å². The van der Waals surface area contributed by atoms with Gasteiger partial charge in [0, 0.05) is 18.2 Å². The number of alkyl halides is 2. The third-order valence-corrected chi connectivity index (χ3v) is 3.78. The third kappa shape index (κ3) is 4.76. The van der Waals surface area contributed by atoms with Gasteiger partial charge >= 0.3 is 6.61 Å². The minimum atomic E-state index is -2.91. The monoisotopic (exact) mass is 334 g/mol. The van der Waals surface area contributed by atoms with Crippen molar-refractivity contribution < 1.29 is 18.3 Å². The van der Waals surface area contributed by atoms with E-state index in [0.717, 1.165) is 5.56 Å². The molecule has 0 aliphatic heterocycles. The molecular formula is C18H20F2N2O2. The zero-order valence-corrected chi connectivity index (χ0v) is 13.3. The van der Waals surface area contributed by atoms with Crippen molar-refractivity contribution >= 4 is 5.91 Å². The Balaban J connectivity index is 1.98. The standard InChI is InChI=1S/C18H20F2N2O2/c1-12(16(21)13-7-3-2-4-8-13)17(23)22-11-14-9-5-6-10-15(14)24-18(19)20/h2-10,12,16,18H,11,21H2,1H3,(H,22,23). The quantitative estimate of drug-likeness (QED) is 0.817. The van der Waals surface area contributed by atoms with Crippen LogP contribution in [0.25, 0.3) is 0 Å². The average Bonchev–Trinajstić information content (AvgIpc) is 2.59. The zero-order valence-electron chi connectivity index (χ0n) is 13.3. The summed E-state index contributed by atoms with van der Waals surface area (Å²) < 4.78 is 29.2. The van der Waals surface area contributed by atoms with E-state index in [1.807, 2.05) is 30.3 Å². The van der Waals surface area contributed by atoms with Crippen LogP contribution in [0.4, 0.5) is 8.78 Å². The lowest BCUT2D eigenvalue weighted by molar-refractivity contribution is -0.125. The highest BCUT2D eigenvalue weighted by molar-refractivity contribution is 5.79. The van der Waals surface area contributed by atoms with Crippen molar-refractivity contribution in [1.29, 1.82) is 0 Å². The van der Waals surface area contributed by atoms with Crippen LogP contribution in [0.15, 0.2) is 54.6 Å². The molecule has 0 radical (unpaired) electrons. The van der Waals surface area contributed by atoms with Gasteiger partial charge in [-0.3, -0.25) is 4.79 Å². The minimum absolute atomic E-state index is 0.0489. The van der Waals surface area contributed by atoms with Crippen molar-refractivity contribution in [2.24, 2.45) is 11.7 Å². The van der Waals surface area contributed by atoms with Gasteiger partial charge in [0.15, 0.2) is 0 Å². The first-order chi connectivity index (χ1) is 11.5. The highest BCUT2D eigenvalue weighted by atomic mass is 19.3. The molecule has 24 heavy (non-hydrogen) atoms. The molecule has 1 amide bonds. The average molecular weight is 334 g/mol. The fourth-order valence-corrected chi connectivity index (χ4v) is 2.33. The number of benzene rings is 2. The molecule has 2 atom stereocenters. The van der Waals surface area contributed by atoms with Crippen LogP contribution in [0, 0.1) is 5.92 Å². The summed E-state index contributed by atoms with van der Waals surface area (Å²) in [5.41, 5.74) is 7.46. The molecule has 2 aromatic carbocycles. The Bertz CT molecular complexity index is 665. The molecule has 0 aromatic heterocycles. The van der Waals surface area contributed by atoms with E-state index in [1.165, 1.54) is 6.07 Å². The first-order valence-corrected chi connectivity index (χ1v) is 7.60. The molecule has 2 aromatic rings. The summed E-state index contributed by atoms with van der Waals surface area (Å²) in [6, 6.07) is 15.2. The second-order valence-corrected chi connectivity index (χ2v) is 5.43. The molecule has 0 heterocycles. The summed E-state index contributed by atoms with van der Waals surface area (Å²) in [6.45, 7) is -1.09. The Morgan fingerprint density at radius 3 is 2.42 bits per heavy atom. The molecule has 4 nitrogen and oxygen atoms in total. The van der Waals surface area contributed by atoms with E-state index < -0.39 is 18.6 Å². The molecule has 2 unspecified atom stereocenters. The number of ether oxygens (including phenoxy) is 1. The van der Waals surface area contributed by atoms with E-state index >= 15 is 0 Å². The number of halogens is 2.